The van der Waals surface area contributed by atoms with E-state index in [0.717, 1.165) is 24.8 Å². The van der Waals surface area contributed by atoms with Gasteiger partial charge in [0.25, 0.3) is 5.91 Å². The molecule has 3 aromatic carbocycles. The van der Waals surface area contributed by atoms with Crippen LogP contribution < -0.4 is 10.1 Å². The summed E-state index contributed by atoms with van der Waals surface area (Å²) in [6.07, 6.45) is 4.57. The molecule has 1 unspecified atom stereocenters. The molecule has 1 aliphatic carbocycles. The second-order valence-corrected chi connectivity index (χ2v) is 7.85. The van der Waals surface area contributed by atoms with E-state index in [0.29, 0.717) is 22.9 Å². The Bertz CT molecular complexity index is 1240. The molecule has 0 bridgehead atoms. The van der Waals surface area contributed by atoms with Crippen LogP contribution in [-0.4, -0.2) is 15.9 Å². The first kappa shape index (κ1) is 19.9. The first-order chi connectivity index (χ1) is 15.8. The molecule has 5 heteroatoms. The molecule has 5 rings (SSSR count). The van der Waals surface area contributed by atoms with Crippen LogP contribution >= 0.6 is 0 Å². The number of amides is 1. The SMILES string of the molecule is O=C(NC1CCCc2ccccc21)c1cccc(-c2cc(Oc3ccccc3)ncn2)c1. The molecule has 1 aliphatic rings. The molecular weight excluding hydrogens is 398 g/mol. The highest BCUT2D eigenvalue weighted by atomic mass is 16.5. The zero-order valence-corrected chi connectivity index (χ0v) is 17.6. The van der Waals surface area contributed by atoms with Crippen LogP contribution in [0, 0.1) is 0 Å². The second-order valence-electron chi connectivity index (χ2n) is 7.85. The van der Waals surface area contributed by atoms with Gasteiger partial charge in [-0.05, 0) is 54.7 Å². The first-order valence-electron chi connectivity index (χ1n) is 10.8. The Morgan fingerprint density at radius 2 is 1.75 bits per heavy atom. The van der Waals surface area contributed by atoms with Crippen molar-refractivity contribution in [3.05, 3.63) is 108 Å². The fraction of sp³-hybridized carbons (Fsp3) is 0.148. The van der Waals surface area contributed by atoms with Crippen molar-refractivity contribution in [1.29, 1.82) is 0 Å². The highest BCUT2D eigenvalue weighted by Crippen LogP contribution is 2.30. The number of ether oxygens (including phenoxy) is 1. The number of nitrogens with one attached hydrogen (secondary N) is 1. The zero-order chi connectivity index (χ0) is 21.8. The minimum absolute atomic E-state index is 0.0426. The van der Waals surface area contributed by atoms with Gasteiger partial charge >= 0.3 is 0 Å². The number of carbonyl (C=O) groups is 1. The molecule has 5 nitrogen and oxygen atoms in total. The van der Waals surface area contributed by atoms with E-state index in [2.05, 4.69) is 33.5 Å². The van der Waals surface area contributed by atoms with Crippen LogP contribution in [0.5, 0.6) is 11.6 Å². The van der Waals surface area contributed by atoms with Gasteiger partial charge in [-0.1, -0.05) is 54.6 Å². The van der Waals surface area contributed by atoms with Crippen LogP contribution in [0.15, 0.2) is 91.3 Å². The third-order valence-corrected chi connectivity index (χ3v) is 5.70. The molecule has 1 N–H and O–H groups in total. The number of aromatic nitrogens is 2. The summed E-state index contributed by atoms with van der Waals surface area (Å²) < 4.78 is 5.82. The maximum atomic E-state index is 13.0. The molecule has 0 saturated heterocycles. The molecule has 32 heavy (non-hydrogen) atoms. The topological polar surface area (TPSA) is 64.1 Å². The Hall–Kier alpha value is -3.99. The molecule has 0 radical (unpaired) electrons. The maximum absolute atomic E-state index is 13.0. The van der Waals surface area contributed by atoms with Crippen LogP contribution in [-0.2, 0) is 6.42 Å². The van der Waals surface area contributed by atoms with Crippen molar-refractivity contribution in [1.82, 2.24) is 15.3 Å². The first-order valence-corrected chi connectivity index (χ1v) is 10.8. The Balaban J connectivity index is 1.35. The molecule has 1 heterocycles. The summed E-state index contributed by atoms with van der Waals surface area (Å²) >= 11 is 0. The average Bonchev–Trinajstić information content (AvgIpc) is 2.85. The van der Waals surface area contributed by atoms with Crippen molar-refractivity contribution in [2.75, 3.05) is 0 Å². The van der Waals surface area contributed by atoms with Crippen LogP contribution in [0.25, 0.3) is 11.3 Å². The third-order valence-electron chi connectivity index (χ3n) is 5.70. The minimum Gasteiger partial charge on any atom is -0.439 e. The van der Waals surface area contributed by atoms with E-state index in [9.17, 15) is 4.79 Å². The summed E-state index contributed by atoms with van der Waals surface area (Å²) in [6.45, 7) is 0. The normalized spacial score (nSPS) is 14.9. The largest absolute Gasteiger partial charge is 0.439 e. The summed E-state index contributed by atoms with van der Waals surface area (Å²) in [5.41, 5.74) is 4.69. The third kappa shape index (κ3) is 4.37. The molecule has 1 atom stereocenters. The summed E-state index contributed by atoms with van der Waals surface area (Å²) in [4.78, 5) is 21.6. The van der Waals surface area contributed by atoms with E-state index in [1.165, 1.54) is 17.5 Å². The Morgan fingerprint density at radius 3 is 2.66 bits per heavy atom. The van der Waals surface area contributed by atoms with Crippen LogP contribution in [0.2, 0.25) is 0 Å². The van der Waals surface area contributed by atoms with Crippen molar-refractivity contribution in [2.24, 2.45) is 0 Å². The lowest BCUT2D eigenvalue weighted by Crippen LogP contribution is -2.30. The standard InChI is InChI=1S/C27H23N3O2/c31-27(30-24-15-7-9-19-8-4-5-14-23(19)24)21-11-6-10-20(16-21)25-17-26(29-18-28-25)32-22-12-2-1-3-13-22/h1-6,8,10-14,16-18,24H,7,9,15H2,(H,30,31). The van der Waals surface area contributed by atoms with E-state index in [1.54, 1.807) is 6.07 Å². The lowest BCUT2D eigenvalue weighted by molar-refractivity contribution is 0.0933. The maximum Gasteiger partial charge on any atom is 0.251 e. The monoisotopic (exact) mass is 421 g/mol. The van der Waals surface area contributed by atoms with Gasteiger partial charge < -0.3 is 10.1 Å². The van der Waals surface area contributed by atoms with Gasteiger partial charge in [0.15, 0.2) is 0 Å². The van der Waals surface area contributed by atoms with E-state index in [-0.39, 0.29) is 11.9 Å². The molecule has 158 valence electrons. The smallest absolute Gasteiger partial charge is 0.251 e. The molecule has 0 aliphatic heterocycles. The molecule has 0 spiro atoms. The number of carbonyl (C=O) groups excluding carboxylic acids is 1. The number of benzene rings is 3. The quantitative estimate of drug-likeness (QED) is 0.446. The average molecular weight is 422 g/mol. The van der Waals surface area contributed by atoms with E-state index in [4.69, 9.17) is 4.74 Å². The predicted octanol–water partition coefficient (Wildman–Crippen LogP) is 5.74. The second kappa shape index (κ2) is 9.02. The van der Waals surface area contributed by atoms with Crippen LogP contribution in [0.4, 0.5) is 0 Å². The van der Waals surface area contributed by atoms with Gasteiger partial charge in [-0.15, -0.1) is 0 Å². The lowest BCUT2D eigenvalue weighted by atomic mass is 9.87. The Labute approximate surface area is 187 Å². The fourth-order valence-corrected chi connectivity index (χ4v) is 4.13. The van der Waals surface area contributed by atoms with E-state index >= 15 is 0 Å². The number of fused-ring (bicyclic) bond motifs is 1. The van der Waals surface area contributed by atoms with Gasteiger partial charge in [0.05, 0.1) is 11.7 Å². The Kier molecular flexibility index (Phi) is 5.62. The number of hydrogen-bond donors (Lipinski definition) is 1. The fourth-order valence-electron chi connectivity index (χ4n) is 4.13. The Morgan fingerprint density at radius 1 is 0.906 bits per heavy atom. The summed E-state index contributed by atoms with van der Waals surface area (Å²) in [7, 11) is 0. The number of rotatable bonds is 5. The predicted molar refractivity (Wildman–Crippen MR) is 124 cm³/mol. The van der Waals surface area contributed by atoms with Crippen molar-refractivity contribution in [3.63, 3.8) is 0 Å². The molecule has 1 amide bonds. The van der Waals surface area contributed by atoms with Gasteiger partial charge in [0.2, 0.25) is 5.88 Å². The highest BCUT2D eigenvalue weighted by Gasteiger charge is 2.22. The molecule has 1 aromatic heterocycles. The van der Waals surface area contributed by atoms with Crippen molar-refractivity contribution < 1.29 is 9.53 Å². The summed E-state index contributed by atoms with van der Waals surface area (Å²) in [5.74, 6) is 1.08. The molecule has 0 fully saturated rings. The highest BCUT2D eigenvalue weighted by molar-refractivity contribution is 5.95. The van der Waals surface area contributed by atoms with Gasteiger partial charge in [-0.2, -0.15) is 0 Å². The number of para-hydroxylation sites is 1. The molecule has 4 aromatic rings. The summed E-state index contributed by atoms with van der Waals surface area (Å²) in [5, 5.41) is 3.22. The molecule has 0 saturated carbocycles. The number of aryl methyl sites for hydroxylation is 1. The van der Waals surface area contributed by atoms with Crippen molar-refractivity contribution >= 4 is 5.91 Å². The van der Waals surface area contributed by atoms with Crippen LogP contribution in [0.1, 0.15) is 40.4 Å². The molecular formula is C27H23N3O2. The number of nitrogens with zero attached hydrogens (tertiary/aromatic N) is 2. The van der Waals surface area contributed by atoms with Gasteiger partial charge in [0, 0.05) is 17.2 Å². The van der Waals surface area contributed by atoms with Crippen molar-refractivity contribution in [2.45, 2.75) is 25.3 Å². The van der Waals surface area contributed by atoms with Gasteiger partial charge in [-0.3, -0.25) is 4.79 Å². The van der Waals surface area contributed by atoms with Gasteiger partial charge in [0.1, 0.15) is 12.1 Å². The summed E-state index contributed by atoms with van der Waals surface area (Å²) in [6, 6.07) is 27.2. The van der Waals surface area contributed by atoms with E-state index in [1.807, 2.05) is 60.7 Å². The zero-order valence-electron chi connectivity index (χ0n) is 17.6. The lowest BCUT2D eigenvalue weighted by Gasteiger charge is -2.26. The number of hydrogen-bond acceptors (Lipinski definition) is 4. The van der Waals surface area contributed by atoms with Crippen molar-refractivity contribution in [3.8, 4) is 22.9 Å². The van der Waals surface area contributed by atoms with Gasteiger partial charge in [-0.25, -0.2) is 9.97 Å². The minimum atomic E-state index is -0.0802. The van der Waals surface area contributed by atoms with E-state index < -0.39 is 0 Å². The van der Waals surface area contributed by atoms with Crippen LogP contribution in [0.3, 0.4) is 0 Å².